The van der Waals surface area contributed by atoms with Crippen LogP contribution in [0.15, 0.2) is 30.3 Å². The van der Waals surface area contributed by atoms with Crippen LogP contribution in [0, 0.1) is 6.92 Å². The molecule has 86 valence electrons. The maximum atomic E-state index is 4.67. The number of allylic oxidation sites excluding steroid dienone is 1. The Labute approximate surface area is 100 Å². The zero-order chi connectivity index (χ0) is 12.0. The van der Waals surface area contributed by atoms with Gasteiger partial charge < -0.3 is 4.57 Å². The van der Waals surface area contributed by atoms with E-state index in [9.17, 15) is 0 Å². The van der Waals surface area contributed by atoms with Gasteiger partial charge in [0.2, 0.25) is 5.78 Å². The fourth-order valence-electron chi connectivity index (χ4n) is 2.42. The van der Waals surface area contributed by atoms with Crippen molar-refractivity contribution in [2.75, 3.05) is 0 Å². The predicted octanol–water partition coefficient (Wildman–Crippen LogP) is 3.17. The maximum absolute atomic E-state index is 4.67. The molecule has 3 nitrogen and oxygen atoms in total. The van der Waals surface area contributed by atoms with Gasteiger partial charge in [-0.1, -0.05) is 18.2 Å². The molecule has 17 heavy (non-hydrogen) atoms. The number of imidazole rings is 2. The molecule has 0 unspecified atom stereocenters. The molecule has 2 aromatic heterocycles. The molecule has 0 atom stereocenters. The Hall–Kier alpha value is -2.03. The molecule has 2 heterocycles. The van der Waals surface area contributed by atoms with Gasteiger partial charge in [-0.25, -0.2) is 4.98 Å². The summed E-state index contributed by atoms with van der Waals surface area (Å²) in [5.41, 5.74) is 4.66. The minimum absolute atomic E-state index is 0.997. The molecule has 0 aliphatic carbocycles. The number of aromatic nitrogens is 3. The summed E-state index contributed by atoms with van der Waals surface area (Å²) < 4.78 is 4.35. The summed E-state index contributed by atoms with van der Waals surface area (Å²) in [6, 6.07) is 8.24. The summed E-state index contributed by atoms with van der Waals surface area (Å²) in [4.78, 5) is 4.67. The molecule has 3 rings (SSSR count). The van der Waals surface area contributed by atoms with Gasteiger partial charge in [0.15, 0.2) is 0 Å². The second kappa shape index (κ2) is 3.48. The number of fused-ring (bicyclic) bond motifs is 3. The van der Waals surface area contributed by atoms with Crippen molar-refractivity contribution in [3.63, 3.8) is 0 Å². The number of rotatable bonds is 1. The van der Waals surface area contributed by atoms with E-state index in [1.807, 2.05) is 13.0 Å². The minimum Gasteiger partial charge on any atom is -0.313 e. The lowest BCUT2D eigenvalue weighted by molar-refractivity contribution is 0.927. The number of hydrogen-bond donors (Lipinski definition) is 0. The molecule has 0 saturated carbocycles. The molecule has 3 heteroatoms. The van der Waals surface area contributed by atoms with Crippen molar-refractivity contribution in [3.05, 3.63) is 41.7 Å². The molecule has 0 amide bonds. The van der Waals surface area contributed by atoms with E-state index in [4.69, 9.17) is 0 Å². The van der Waals surface area contributed by atoms with Gasteiger partial charge in [-0.15, -0.1) is 0 Å². The lowest BCUT2D eigenvalue weighted by Gasteiger charge is -1.97. The third-order valence-electron chi connectivity index (χ3n) is 3.24. The van der Waals surface area contributed by atoms with E-state index in [1.54, 1.807) is 0 Å². The summed E-state index contributed by atoms with van der Waals surface area (Å²) in [5, 5.41) is 0. The van der Waals surface area contributed by atoms with Crippen molar-refractivity contribution < 1.29 is 0 Å². The largest absolute Gasteiger partial charge is 0.313 e. The first kappa shape index (κ1) is 10.1. The lowest BCUT2D eigenvalue weighted by atomic mass is 10.3. The molecule has 0 fully saturated rings. The predicted molar refractivity (Wildman–Crippen MR) is 71.1 cm³/mol. The van der Waals surface area contributed by atoms with Crippen LogP contribution >= 0.6 is 0 Å². The highest BCUT2D eigenvalue weighted by atomic mass is 15.2. The molecule has 0 bridgehead atoms. The third kappa shape index (κ3) is 1.25. The first-order valence-corrected chi connectivity index (χ1v) is 5.79. The van der Waals surface area contributed by atoms with Crippen molar-refractivity contribution in [1.29, 1.82) is 0 Å². The van der Waals surface area contributed by atoms with Crippen molar-refractivity contribution >= 4 is 22.9 Å². The summed E-state index contributed by atoms with van der Waals surface area (Å²) in [7, 11) is 2.06. The molecular formula is C14H15N3. The van der Waals surface area contributed by atoms with Crippen LogP contribution in [0.5, 0.6) is 0 Å². The Bertz CT molecular complexity index is 729. The van der Waals surface area contributed by atoms with E-state index in [1.165, 1.54) is 16.9 Å². The van der Waals surface area contributed by atoms with Crippen molar-refractivity contribution in [2.24, 2.45) is 7.05 Å². The Morgan fingerprint density at radius 3 is 2.76 bits per heavy atom. The zero-order valence-electron chi connectivity index (χ0n) is 10.3. The van der Waals surface area contributed by atoms with Crippen LogP contribution in [0.3, 0.4) is 0 Å². The van der Waals surface area contributed by atoms with Gasteiger partial charge in [-0.3, -0.25) is 4.40 Å². The number of benzene rings is 1. The van der Waals surface area contributed by atoms with Gasteiger partial charge in [0, 0.05) is 12.7 Å². The van der Waals surface area contributed by atoms with Crippen LogP contribution in [0.2, 0.25) is 0 Å². The lowest BCUT2D eigenvalue weighted by Crippen LogP contribution is -1.91. The second-order valence-electron chi connectivity index (χ2n) is 4.27. The van der Waals surface area contributed by atoms with E-state index in [2.05, 4.69) is 58.3 Å². The van der Waals surface area contributed by atoms with Crippen molar-refractivity contribution in [3.8, 4) is 0 Å². The molecule has 0 N–H and O–H groups in total. The Balaban J connectivity index is 2.52. The molecule has 0 spiro atoms. The topological polar surface area (TPSA) is 22.2 Å². The highest BCUT2D eigenvalue weighted by molar-refractivity contribution is 5.81. The van der Waals surface area contributed by atoms with Gasteiger partial charge in [0.25, 0.3) is 0 Å². The van der Waals surface area contributed by atoms with Crippen LogP contribution < -0.4 is 0 Å². The van der Waals surface area contributed by atoms with E-state index in [0.29, 0.717) is 0 Å². The SMILES string of the molecule is C/C=C\c1c(C)n2c3ccccc3nc2n1C. The van der Waals surface area contributed by atoms with E-state index in [0.717, 1.165) is 11.3 Å². The maximum Gasteiger partial charge on any atom is 0.215 e. The third-order valence-corrected chi connectivity index (χ3v) is 3.24. The molecule has 0 aliphatic rings. The highest BCUT2D eigenvalue weighted by Gasteiger charge is 2.13. The average molecular weight is 225 g/mol. The number of hydrogen-bond acceptors (Lipinski definition) is 1. The van der Waals surface area contributed by atoms with Gasteiger partial charge in [0.1, 0.15) is 0 Å². The van der Waals surface area contributed by atoms with Crippen LogP contribution in [0.1, 0.15) is 18.3 Å². The highest BCUT2D eigenvalue weighted by Crippen LogP contribution is 2.23. The van der Waals surface area contributed by atoms with E-state index < -0.39 is 0 Å². The van der Waals surface area contributed by atoms with Crippen LogP contribution in [0.4, 0.5) is 0 Å². The van der Waals surface area contributed by atoms with Gasteiger partial charge in [0.05, 0.1) is 16.7 Å². The van der Waals surface area contributed by atoms with Crippen LogP contribution in [0.25, 0.3) is 22.9 Å². The molecule has 0 saturated heterocycles. The van der Waals surface area contributed by atoms with Crippen molar-refractivity contribution in [1.82, 2.24) is 14.0 Å². The van der Waals surface area contributed by atoms with Gasteiger partial charge in [-0.05, 0) is 32.1 Å². The molecule has 1 aromatic carbocycles. The van der Waals surface area contributed by atoms with E-state index in [-0.39, 0.29) is 0 Å². The second-order valence-corrected chi connectivity index (χ2v) is 4.27. The fourth-order valence-corrected chi connectivity index (χ4v) is 2.42. The molecule has 3 aromatic rings. The number of nitrogens with zero attached hydrogens (tertiary/aromatic N) is 3. The molecular weight excluding hydrogens is 210 g/mol. The average Bonchev–Trinajstić information content (AvgIpc) is 2.82. The minimum atomic E-state index is 0.997. The van der Waals surface area contributed by atoms with E-state index >= 15 is 0 Å². The smallest absolute Gasteiger partial charge is 0.215 e. The van der Waals surface area contributed by atoms with Gasteiger partial charge >= 0.3 is 0 Å². The Morgan fingerprint density at radius 2 is 2.00 bits per heavy atom. The summed E-state index contributed by atoms with van der Waals surface area (Å²) in [6.07, 6.45) is 4.18. The van der Waals surface area contributed by atoms with Crippen molar-refractivity contribution in [2.45, 2.75) is 13.8 Å². The van der Waals surface area contributed by atoms with Crippen LogP contribution in [-0.4, -0.2) is 14.0 Å². The summed E-state index contributed by atoms with van der Waals surface area (Å²) in [6.45, 7) is 4.17. The standard InChI is InChI=1S/C14H15N3/c1-4-7-12-10(2)17-13-9-6-5-8-11(13)15-14(17)16(12)3/h4-9H,1-3H3/b7-4-. The number of aryl methyl sites for hydroxylation is 2. The normalized spacial score (nSPS) is 12.2. The summed E-state index contributed by atoms with van der Waals surface area (Å²) >= 11 is 0. The summed E-state index contributed by atoms with van der Waals surface area (Å²) in [5.74, 6) is 0.997. The van der Waals surface area contributed by atoms with Gasteiger partial charge in [-0.2, -0.15) is 0 Å². The fraction of sp³-hybridized carbons (Fsp3) is 0.214. The monoisotopic (exact) mass is 225 g/mol. The molecule has 0 aliphatic heterocycles. The molecule has 0 radical (unpaired) electrons. The quantitative estimate of drug-likeness (QED) is 0.623. The zero-order valence-corrected chi connectivity index (χ0v) is 10.3. The first-order chi connectivity index (χ1) is 8.24. The first-order valence-electron chi connectivity index (χ1n) is 5.79. The Kier molecular flexibility index (Phi) is 2.08. The Morgan fingerprint density at radius 1 is 1.24 bits per heavy atom. The van der Waals surface area contributed by atoms with Crippen LogP contribution in [-0.2, 0) is 7.05 Å². The number of para-hydroxylation sites is 2.